The number of rotatable bonds is 7. The van der Waals surface area contributed by atoms with Gasteiger partial charge in [-0.05, 0) is 12.8 Å². The molecule has 0 aromatic carbocycles. The SMILES string of the molecule is CCOC1CC(N)(C(=O)NCC(CC)CC)C1(C)C. The second-order valence-corrected chi connectivity index (χ2v) is 6.23. The molecule has 1 aliphatic carbocycles. The maximum atomic E-state index is 12.4. The molecule has 112 valence electrons. The zero-order valence-electron chi connectivity index (χ0n) is 13.1. The van der Waals surface area contributed by atoms with Gasteiger partial charge >= 0.3 is 0 Å². The van der Waals surface area contributed by atoms with Gasteiger partial charge in [0.15, 0.2) is 0 Å². The van der Waals surface area contributed by atoms with E-state index >= 15 is 0 Å². The van der Waals surface area contributed by atoms with Gasteiger partial charge in [0.1, 0.15) is 5.54 Å². The first-order valence-corrected chi connectivity index (χ1v) is 7.52. The molecule has 4 heteroatoms. The zero-order chi connectivity index (χ0) is 14.7. The van der Waals surface area contributed by atoms with Gasteiger partial charge in [-0.2, -0.15) is 0 Å². The average molecular weight is 270 g/mol. The number of nitrogens with two attached hydrogens (primary N) is 1. The maximum Gasteiger partial charge on any atom is 0.240 e. The van der Waals surface area contributed by atoms with Crippen molar-refractivity contribution in [3.05, 3.63) is 0 Å². The molecule has 0 spiro atoms. The van der Waals surface area contributed by atoms with E-state index < -0.39 is 5.54 Å². The van der Waals surface area contributed by atoms with Crippen LogP contribution in [0.4, 0.5) is 0 Å². The van der Waals surface area contributed by atoms with Crippen LogP contribution in [-0.4, -0.2) is 30.7 Å². The third-order valence-electron chi connectivity index (χ3n) is 4.94. The predicted octanol–water partition coefficient (Wildman–Crippen LogP) is 2.07. The van der Waals surface area contributed by atoms with Crippen LogP contribution in [0.25, 0.3) is 0 Å². The van der Waals surface area contributed by atoms with Crippen LogP contribution in [0, 0.1) is 11.3 Å². The van der Waals surface area contributed by atoms with Crippen LogP contribution in [-0.2, 0) is 9.53 Å². The molecule has 1 aliphatic rings. The highest BCUT2D eigenvalue weighted by molar-refractivity contribution is 5.88. The van der Waals surface area contributed by atoms with Crippen LogP contribution in [0.15, 0.2) is 0 Å². The molecule has 1 rings (SSSR count). The van der Waals surface area contributed by atoms with Gasteiger partial charge in [-0.15, -0.1) is 0 Å². The molecule has 1 fully saturated rings. The van der Waals surface area contributed by atoms with E-state index in [2.05, 4.69) is 19.2 Å². The number of hydrogen-bond donors (Lipinski definition) is 2. The lowest BCUT2D eigenvalue weighted by Gasteiger charge is -2.57. The Kier molecular flexibility index (Phi) is 5.39. The standard InChI is InChI=1S/C15H30N2O2/c1-6-11(7-2)10-17-13(18)15(16)9-12(19-8-3)14(15,4)5/h11-12H,6-10,16H2,1-5H3,(H,17,18). The summed E-state index contributed by atoms with van der Waals surface area (Å²) in [7, 11) is 0. The van der Waals surface area contributed by atoms with Crippen LogP contribution in [0.1, 0.15) is 53.9 Å². The van der Waals surface area contributed by atoms with Gasteiger partial charge in [0.25, 0.3) is 0 Å². The molecule has 0 aromatic rings. The second kappa shape index (κ2) is 6.23. The van der Waals surface area contributed by atoms with Crippen molar-refractivity contribution in [1.82, 2.24) is 5.32 Å². The van der Waals surface area contributed by atoms with E-state index in [-0.39, 0.29) is 17.4 Å². The molecule has 0 aliphatic heterocycles. The fourth-order valence-electron chi connectivity index (χ4n) is 2.79. The molecule has 0 aromatic heterocycles. The molecule has 0 heterocycles. The van der Waals surface area contributed by atoms with Crippen molar-refractivity contribution >= 4 is 5.91 Å². The summed E-state index contributed by atoms with van der Waals surface area (Å²) in [4.78, 5) is 12.4. The lowest BCUT2D eigenvalue weighted by molar-refractivity contribution is -0.170. The molecule has 3 N–H and O–H groups in total. The molecular formula is C15H30N2O2. The summed E-state index contributed by atoms with van der Waals surface area (Å²) in [6, 6.07) is 0. The Morgan fingerprint density at radius 3 is 2.37 bits per heavy atom. The van der Waals surface area contributed by atoms with Gasteiger partial charge in [-0.3, -0.25) is 4.79 Å². The van der Waals surface area contributed by atoms with Gasteiger partial charge < -0.3 is 15.8 Å². The highest BCUT2D eigenvalue weighted by Gasteiger charge is 2.62. The van der Waals surface area contributed by atoms with E-state index in [0.717, 1.165) is 19.4 Å². The van der Waals surface area contributed by atoms with E-state index in [9.17, 15) is 4.79 Å². The van der Waals surface area contributed by atoms with Crippen molar-refractivity contribution < 1.29 is 9.53 Å². The molecule has 2 atom stereocenters. The Morgan fingerprint density at radius 1 is 1.37 bits per heavy atom. The Morgan fingerprint density at radius 2 is 1.95 bits per heavy atom. The van der Waals surface area contributed by atoms with Crippen molar-refractivity contribution in [2.24, 2.45) is 17.1 Å². The average Bonchev–Trinajstić information content (AvgIpc) is 2.39. The molecule has 0 bridgehead atoms. The van der Waals surface area contributed by atoms with E-state index in [4.69, 9.17) is 10.5 Å². The van der Waals surface area contributed by atoms with Crippen molar-refractivity contribution in [2.45, 2.75) is 65.5 Å². The zero-order valence-corrected chi connectivity index (χ0v) is 13.1. The minimum absolute atomic E-state index is 0.0275. The van der Waals surface area contributed by atoms with E-state index in [0.29, 0.717) is 18.9 Å². The highest BCUT2D eigenvalue weighted by atomic mass is 16.5. The third kappa shape index (κ3) is 2.95. The fourth-order valence-corrected chi connectivity index (χ4v) is 2.79. The Hall–Kier alpha value is -0.610. The maximum absolute atomic E-state index is 12.4. The van der Waals surface area contributed by atoms with Crippen LogP contribution in [0.2, 0.25) is 0 Å². The molecule has 4 nitrogen and oxygen atoms in total. The molecule has 1 saturated carbocycles. The summed E-state index contributed by atoms with van der Waals surface area (Å²) in [6.45, 7) is 11.7. The number of amides is 1. The summed E-state index contributed by atoms with van der Waals surface area (Å²) in [6.07, 6.45) is 2.86. The first-order valence-electron chi connectivity index (χ1n) is 7.52. The van der Waals surface area contributed by atoms with Crippen LogP contribution in [0.5, 0.6) is 0 Å². The fraction of sp³-hybridized carbons (Fsp3) is 0.933. The Balaban J connectivity index is 2.57. The smallest absolute Gasteiger partial charge is 0.240 e. The van der Waals surface area contributed by atoms with Crippen LogP contribution in [0.3, 0.4) is 0 Å². The van der Waals surface area contributed by atoms with E-state index in [1.165, 1.54) is 0 Å². The van der Waals surface area contributed by atoms with E-state index in [1.807, 2.05) is 20.8 Å². The summed E-state index contributed by atoms with van der Waals surface area (Å²) in [5.74, 6) is 0.513. The summed E-state index contributed by atoms with van der Waals surface area (Å²) in [5.41, 5.74) is 5.22. The number of carbonyl (C=O) groups is 1. The minimum Gasteiger partial charge on any atom is -0.378 e. The van der Waals surface area contributed by atoms with E-state index in [1.54, 1.807) is 0 Å². The van der Waals surface area contributed by atoms with Crippen molar-refractivity contribution in [2.75, 3.05) is 13.2 Å². The molecule has 0 radical (unpaired) electrons. The van der Waals surface area contributed by atoms with Crippen LogP contribution >= 0.6 is 0 Å². The summed E-state index contributed by atoms with van der Waals surface area (Å²) < 4.78 is 5.65. The van der Waals surface area contributed by atoms with Gasteiger partial charge in [-0.1, -0.05) is 40.5 Å². The topological polar surface area (TPSA) is 64.3 Å². The molecular weight excluding hydrogens is 240 g/mol. The Bertz CT molecular complexity index is 313. The molecule has 0 saturated heterocycles. The van der Waals surface area contributed by atoms with Gasteiger partial charge in [0.2, 0.25) is 5.91 Å². The number of carbonyl (C=O) groups excluding carboxylic acids is 1. The predicted molar refractivity (Wildman–Crippen MR) is 77.8 cm³/mol. The Labute approximate surface area is 117 Å². The van der Waals surface area contributed by atoms with Crippen molar-refractivity contribution in [3.63, 3.8) is 0 Å². The molecule has 2 unspecified atom stereocenters. The summed E-state index contributed by atoms with van der Waals surface area (Å²) in [5, 5.41) is 3.03. The van der Waals surface area contributed by atoms with Crippen molar-refractivity contribution in [3.8, 4) is 0 Å². The molecule has 19 heavy (non-hydrogen) atoms. The monoisotopic (exact) mass is 270 g/mol. The van der Waals surface area contributed by atoms with Gasteiger partial charge in [0, 0.05) is 25.0 Å². The van der Waals surface area contributed by atoms with Crippen molar-refractivity contribution in [1.29, 1.82) is 0 Å². The lowest BCUT2D eigenvalue weighted by Crippen LogP contribution is -2.75. The number of ether oxygens (including phenoxy) is 1. The normalized spacial score (nSPS) is 29.1. The highest BCUT2D eigenvalue weighted by Crippen LogP contribution is 2.49. The number of hydrogen-bond acceptors (Lipinski definition) is 3. The summed E-state index contributed by atoms with van der Waals surface area (Å²) >= 11 is 0. The third-order valence-corrected chi connectivity index (χ3v) is 4.94. The van der Waals surface area contributed by atoms with Gasteiger partial charge in [-0.25, -0.2) is 0 Å². The number of nitrogens with one attached hydrogen (secondary N) is 1. The van der Waals surface area contributed by atoms with Crippen LogP contribution < -0.4 is 11.1 Å². The first-order chi connectivity index (χ1) is 8.83. The molecule has 1 amide bonds. The first kappa shape index (κ1) is 16.4. The quantitative estimate of drug-likeness (QED) is 0.744. The largest absolute Gasteiger partial charge is 0.378 e. The minimum atomic E-state index is -0.793. The van der Waals surface area contributed by atoms with Gasteiger partial charge in [0.05, 0.1) is 6.10 Å². The lowest BCUT2D eigenvalue weighted by atomic mass is 9.54. The second-order valence-electron chi connectivity index (χ2n) is 6.23.